The van der Waals surface area contributed by atoms with Crippen molar-refractivity contribution in [3.8, 4) is 11.8 Å². The van der Waals surface area contributed by atoms with E-state index >= 15 is 0 Å². The molecule has 0 radical (unpaired) electrons. The van der Waals surface area contributed by atoms with Crippen molar-refractivity contribution in [2.45, 2.75) is 25.8 Å². The molecule has 0 spiro atoms. The Morgan fingerprint density at radius 2 is 1.93 bits per heavy atom. The highest BCUT2D eigenvalue weighted by atomic mass is 127. The number of guanidine groups is 1. The van der Waals surface area contributed by atoms with E-state index in [-0.39, 0.29) is 24.0 Å². The second-order valence-corrected chi connectivity index (χ2v) is 6.23. The number of aliphatic imine (C=N–C) groups is 1. The van der Waals surface area contributed by atoms with Crippen LogP contribution in [-0.4, -0.2) is 26.7 Å². The third-order valence-corrected chi connectivity index (χ3v) is 4.41. The molecule has 0 aromatic heterocycles. The Morgan fingerprint density at radius 3 is 2.50 bits per heavy atom. The lowest BCUT2D eigenvalue weighted by Crippen LogP contribution is -2.37. The van der Waals surface area contributed by atoms with Gasteiger partial charge in [-0.05, 0) is 42.2 Å². The minimum atomic E-state index is -0.398. The van der Waals surface area contributed by atoms with E-state index in [1.54, 1.807) is 26.3 Å². The summed E-state index contributed by atoms with van der Waals surface area (Å²) < 4.78 is 19.1. The molecular formula is C21H26FIN4O. The molecule has 0 heterocycles. The van der Waals surface area contributed by atoms with Crippen LogP contribution in [0.25, 0.3) is 0 Å². The van der Waals surface area contributed by atoms with Crippen LogP contribution in [0.1, 0.15) is 36.0 Å². The maximum absolute atomic E-state index is 13.9. The molecule has 0 aliphatic carbocycles. The van der Waals surface area contributed by atoms with E-state index in [4.69, 9.17) is 10.00 Å². The minimum absolute atomic E-state index is 0. The van der Waals surface area contributed by atoms with Crippen molar-refractivity contribution in [1.29, 1.82) is 5.26 Å². The minimum Gasteiger partial charge on any atom is -0.497 e. The highest BCUT2D eigenvalue weighted by Gasteiger charge is 2.08. The Bertz CT molecular complexity index is 818. The fourth-order valence-electron chi connectivity index (χ4n) is 2.67. The molecule has 2 N–H and O–H groups in total. The molecule has 0 aliphatic rings. The first-order valence-corrected chi connectivity index (χ1v) is 8.84. The van der Waals surface area contributed by atoms with Gasteiger partial charge >= 0.3 is 0 Å². The number of halogens is 2. The van der Waals surface area contributed by atoms with E-state index < -0.39 is 5.82 Å². The summed E-state index contributed by atoms with van der Waals surface area (Å²) in [7, 11) is 3.34. The molecule has 28 heavy (non-hydrogen) atoms. The van der Waals surface area contributed by atoms with Gasteiger partial charge in [-0.2, -0.15) is 5.26 Å². The van der Waals surface area contributed by atoms with Crippen LogP contribution in [0, 0.1) is 17.1 Å². The lowest BCUT2D eigenvalue weighted by atomic mass is 9.98. The first-order chi connectivity index (χ1) is 13.1. The van der Waals surface area contributed by atoms with E-state index in [0.717, 1.165) is 18.7 Å². The van der Waals surface area contributed by atoms with Gasteiger partial charge in [0.05, 0.1) is 18.7 Å². The fraction of sp³-hybridized carbons (Fsp3) is 0.333. The van der Waals surface area contributed by atoms with Crippen molar-refractivity contribution in [1.82, 2.24) is 10.6 Å². The highest BCUT2D eigenvalue weighted by Crippen LogP contribution is 2.21. The Hall–Kier alpha value is -2.34. The third kappa shape index (κ3) is 7.00. The van der Waals surface area contributed by atoms with Crippen molar-refractivity contribution in [2.24, 2.45) is 4.99 Å². The Balaban J connectivity index is 0.00000392. The number of nitrogens with zero attached hydrogens (tertiary/aromatic N) is 2. The largest absolute Gasteiger partial charge is 0.497 e. The Kier molecular flexibility index (Phi) is 10.3. The summed E-state index contributed by atoms with van der Waals surface area (Å²) >= 11 is 0. The molecule has 5 nitrogen and oxygen atoms in total. The molecule has 0 amide bonds. The van der Waals surface area contributed by atoms with Crippen molar-refractivity contribution in [3.63, 3.8) is 0 Å². The summed E-state index contributed by atoms with van der Waals surface area (Å²) in [5, 5.41) is 15.1. The molecule has 2 aromatic carbocycles. The van der Waals surface area contributed by atoms with Gasteiger partial charge in [-0.1, -0.05) is 25.1 Å². The maximum atomic E-state index is 13.9. The smallest absolute Gasteiger partial charge is 0.191 e. The lowest BCUT2D eigenvalue weighted by Gasteiger charge is -2.16. The van der Waals surface area contributed by atoms with Crippen LogP contribution in [0.15, 0.2) is 47.5 Å². The third-order valence-electron chi connectivity index (χ3n) is 4.41. The zero-order valence-electron chi connectivity index (χ0n) is 16.3. The van der Waals surface area contributed by atoms with E-state index in [1.165, 1.54) is 11.6 Å². The SMILES string of the molecule is CN=C(NCCC(C)c1ccc(OC)cc1)NCc1ccc(C#N)cc1F.I. The summed E-state index contributed by atoms with van der Waals surface area (Å²) in [6.45, 7) is 3.21. The van der Waals surface area contributed by atoms with Crippen molar-refractivity contribution in [2.75, 3.05) is 20.7 Å². The molecule has 2 aromatic rings. The molecule has 0 aliphatic heterocycles. The summed E-state index contributed by atoms with van der Waals surface area (Å²) in [6, 6.07) is 14.5. The van der Waals surface area contributed by atoms with E-state index in [2.05, 4.69) is 34.7 Å². The van der Waals surface area contributed by atoms with E-state index in [9.17, 15) is 4.39 Å². The Labute approximate surface area is 183 Å². The van der Waals surface area contributed by atoms with Crippen LogP contribution in [0.2, 0.25) is 0 Å². The summed E-state index contributed by atoms with van der Waals surface area (Å²) in [5.41, 5.74) is 2.05. The van der Waals surface area contributed by atoms with Gasteiger partial charge in [0.1, 0.15) is 11.6 Å². The van der Waals surface area contributed by atoms with Crippen LogP contribution in [0.4, 0.5) is 4.39 Å². The number of nitrogens with one attached hydrogen (secondary N) is 2. The van der Waals surface area contributed by atoms with Gasteiger partial charge in [0, 0.05) is 25.7 Å². The first-order valence-electron chi connectivity index (χ1n) is 8.84. The molecule has 1 atom stereocenters. The highest BCUT2D eigenvalue weighted by molar-refractivity contribution is 14.0. The number of ether oxygens (including phenoxy) is 1. The van der Waals surface area contributed by atoms with Crippen LogP contribution in [0.3, 0.4) is 0 Å². The lowest BCUT2D eigenvalue weighted by molar-refractivity contribution is 0.414. The van der Waals surface area contributed by atoms with Gasteiger partial charge in [-0.25, -0.2) is 4.39 Å². The predicted octanol–water partition coefficient (Wildman–Crippen LogP) is 4.18. The maximum Gasteiger partial charge on any atom is 0.191 e. The van der Waals surface area contributed by atoms with Crippen LogP contribution < -0.4 is 15.4 Å². The molecule has 7 heteroatoms. The van der Waals surface area contributed by atoms with Gasteiger partial charge in [0.15, 0.2) is 5.96 Å². The second-order valence-electron chi connectivity index (χ2n) is 6.23. The number of hydrogen-bond acceptors (Lipinski definition) is 3. The van der Waals surface area contributed by atoms with E-state index in [0.29, 0.717) is 29.5 Å². The van der Waals surface area contributed by atoms with Crippen LogP contribution in [0.5, 0.6) is 5.75 Å². The number of nitriles is 1. The molecule has 0 saturated carbocycles. The van der Waals surface area contributed by atoms with Crippen LogP contribution >= 0.6 is 24.0 Å². The van der Waals surface area contributed by atoms with Crippen molar-refractivity contribution < 1.29 is 9.13 Å². The number of benzene rings is 2. The van der Waals surface area contributed by atoms with Gasteiger partial charge in [0.2, 0.25) is 0 Å². The number of hydrogen-bond donors (Lipinski definition) is 2. The van der Waals surface area contributed by atoms with Crippen molar-refractivity contribution in [3.05, 3.63) is 65.0 Å². The standard InChI is InChI=1S/C21H25FN4O.HI/c1-15(17-6-8-19(27-3)9-7-17)10-11-25-21(24-2)26-14-18-5-4-16(13-23)12-20(18)22;/h4-9,12,15H,10-11,14H2,1-3H3,(H2,24,25,26);1H. The topological polar surface area (TPSA) is 69.4 Å². The molecule has 0 bridgehead atoms. The molecule has 150 valence electrons. The molecule has 0 fully saturated rings. The molecule has 2 rings (SSSR count). The van der Waals surface area contributed by atoms with Gasteiger partial charge in [-0.15, -0.1) is 24.0 Å². The normalized spacial score (nSPS) is 11.8. The molecule has 0 saturated heterocycles. The number of rotatable bonds is 7. The quantitative estimate of drug-likeness (QED) is 0.343. The summed E-state index contributed by atoms with van der Waals surface area (Å²) in [5.74, 6) is 1.45. The predicted molar refractivity (Wildman–Crippen MR) is 121 cm³/mol. The van der Waals surface area contributed by atoms with Gasteiger partial charge in [-0.3, -0.25) is 4.99 Å². The zero-order chi connectivity index (χ0) is 19.6. The molecule has 1 unspecified atom stereocenters. The average Bonchev–Trinajstić information content (AvgIpc) is 2.71. The fourth-order valence-corrected chi connectivity index (χ4v) is 2.67. The summed E-state index contributed by atoms with van der Waals surface area (Å²) in [6.07, 6.45) is 0.929. The number of methoxy groups -OCH3 is 1. The Morgan fingerprint density at radius 1 is 1.21 bits per heavy atom. The van der Waals surface area contributed by atoms with Crippen molar-refractivity contribution >= 4 is 29.9 Å². The van der Waals surface area contributed by atoms with Crippen LogP contribution in [-0.2, 0) is 6.54 Å². The zero-order valence-corrected chi connectivity index (χ0v) is 18.7. The monoisotopic (exact) mass is 496 g/mol. The second kappa shape index (κ2) is 12.2. The summed E-state index contributed by atoms with van der Waals surface area (Å²) in [4.78, 5) is 4.16. The first kappa shape index (κ1) is 23.7. The van der Waals surface area contributed by atoms with Gasteiger partial charge in [0.25, 0.3) is 0 Å². The average molecular weight is 496 g/mol. The van der Waals surface area contributed by atoms with Gasteiger partial charge < -0.3 is 15.4 Å². The molecular weight excluding hydrogens is 470 g/mol. The van der Waals surface area contributed by atoms with E-state index in [1.807, 2.05) is 18.2 Å².